The maximum Gasteiger partial charge on any atom is 0.120 e. The number of benzene rings is 2. The first-order chi connectivity index (χ1) is 9.63. The highest BCUT2D eigenvalue weighted by molar-refractivity contribution is 6.33. The van der Waals surface area contributed by atoms with Crippen molar-refractivity contribution in [2.75, 3.05) is 0 Å². The highest BCUT2D eigenvalue weighted by atomic mass is 35.5. The van der Waals surface area contributed by atoms with Gasteiger partial charge in [0.25, 0.3) is 0 Å². The molecule has 0 spiro atoms. The normalized spacial score (nSPS) is 17.1. The molecule has 0 radical (unpaired) electrons. The minimum atomic E-state index is -0.332. The third kappa shape index (κ3) is 2.78. The van der Waals surface area contributed by atoms with Crippen molar-refractivity contribution in [1.82, 2.24) is 0 Å². The summed E-state index contributed by atoms with van der Waals surface area (Å²) in [5.41, 5.74) is 3.03. The second-order valence-electron chi connectivity index (χ2n) is 4.94. The maximum absolute atomic E-state index is 9.77. The van der Waals surface area contributed by atoms with E-state index in [0.717, 1.165) is 35.3 Å². The second-order valence-corrected chi connectivity index (χ2v) is 5.78. The molecule has 0 aliphatic heterocycles. The number of aliphatic hydroxyl groups excluding tert-OH is 1. The van der Waals surface area contributed by atoms with Gasteiger partial charge < -0.3 is 9.84 Å². The largest absolute Gasteiger partial charge is 0.489 e. The summed E-state index contributed by atoms with van der Waals surface area (Å²) in [6, 6.07) is 11.1. The van der Waals surface area contributed by atoms with E-state index in [9.17, 15) is 5.11 Å². The third-order valence-electron chi connectivity index (χ3n) is 3.56. The topological polar surface area (TPSA) is 29.5 Å². The minimum absolute atomic E-state index is 0.332. The number of hydrogen-bond acceptors (Lipinski definition) is 2. The van der Waals surface area contributed by atoms with Gasteiger partial charge in [0.15, 0.2) is 0 Å². The molecule has 0 unspecified atom stereocenters. The van der Waals surface area contributed by atoms with Crippen LogP contribution >= 0.6 is 23.2 Å². The number of aliphatic hydroxyl groups is 1. The molecule has 1 N–H and O–H groups in total. The van der Waals surface area contributed by atoms with Crippen molar-refractivity contribution >= 4 is 23.2 Å². The summed E-state index contributed by atoms with van der Waals surface area (Å²) in [6.07, 6.45) is 1.35. The van der Waals surface area contributed by atoms with E-state index in [2.05, 4.69) is 0 Å². The highest BCUT2D eigenvalue weighted by Crippen LogP contribution is 2.33. The van der Waals surface area contributed by atoms with Crippen LogP contribution in [-0.4, -0.2) is 5.11 Å². The Morgan fingerprint density at radius 3 is 2.85 bits per heavy atom. The van der Waals surface area contributed by atoms with E-state index in [1.807, 2.05) is 18.2 Å². The van der Waals surface area contributed by atoms with Crippen molar-refractivity contribution in [1.29, 1.82) is 0 Å². The van der Waals surface area contributed by atoms with Crippen LogP contribution in [0.5, 0.6) is 5.75 Å². The Morgan fingerprint density at radius 1 is 1.15 bits per heavy atom. The lowest BCUT2D eigenvalue weighted by atomic mass is 10.1. The Kier molecular flexibility index (Phi) is 3.88. The molecule has 0 bridgehead atoms. The van der Waals surface area contributed by atoms with Crippen LogP contribution in [0.2, 0.25) is 10.0 Å². The molecule has 1 atom stereocenters. The summed E-state index contributed by atoms with van der Waals surface area (Å²) >= 11 is 12.1. The Labute approximate surface area is 127 Å². The Bertz CT molecular complexity index is 640. The smallest absolute Gasteiger partial charge is 0.120 e. The molecule has 0 heterocycles. The summed E-state index contributed by atoms with van der Waals surface area (Å²) in [7, 11) is 0. The van der Waals surface area contributed by atoms with Crippen LogP contribution in [-0.2, 0) is 13.0 Å². The van der Waals surface area contributed by atoms with Crippen LogP contribution in [0.25, 0.3) is 0 Å². The lowest BCUT2D eigenvalue weighted by molar-refractivity contribution is 0.180. The Morgan fingerprint density at radius 2 is 2.00 bits per heavy atom. The first-order valence-corrected chi connectivity index (χ1v) is 7.26. The zero-order valence-electron chi connectivity index (χ0n) is 10.8. The van der Waals surface area contributed by atoms with Crippen molar-refractivity contribution in [2.24, 2.45) is 0 Å². The minimum Gasteiger partial charge on any atom is -0.489 e. The van der Waals surface area contributed by atoms with Crippen molar-refractivity contribution in [3.05, 3.63) is 63.1 Å². The first-order valence-electron chi connectivity index (χ1n) is 6.51. The lowest BCUT2D eigenvalue weighted by Gasteiger charge is -2.10. The van der Waals surface area contributed by atoms with Gasteiger partial charge in [0, 0.05) is 15.6 Å². The van der Waals surface area contributed by atoms with Crippen LogP contribution < -0.4 is 4.74 Å². The molecular weight excluding hydrogens is 295 g/mol. The fourth-order valence-electron chi connectivity index (χ4n) is 2.48. The average Bonchev–Trinajstić information content (AvgIpc) is 2.81. The molecule has 1 aliphatic rings. The van der Waals surface area contributed by atoms with Crippen LogP contribution in [0.3, 0.4) is 0 Å². The van der Waals surface area contributed by atoms with Gasteiger partial charge in [0.05, 0.1) is 6.10 Å². The first kappa shape index (κ1) is 13.7. The van der Waals surface area contributed by atoms with Crippen molar-refractivity contribution in [3.63, 3.8) is 0 Å². The SMILES string of the molecule is O[C@H]1CCc2cc(OCc3cc(Cl)ccc3Cl)ccc21. The van der Waals surface area contributed by atoms with Gasteiger partial charge in [-0.1, -0.05) is 29.3 Å². The van der Waals surface area contributed by atoms with E-state index in [0.29, 0.717) is 16.7 Å². The number of ether oxygens (including phenoxy) is 1. The molecule has 4 heteroatoms. The van der Waals surface area contributed by atoms with Gasteiger partial charge >= 0.3 is 0 Å². The molecule has 2 aromatic carbocycles. The van der Waals surface area contributed by atoms with Crippen LogP contribution in [0.15, 0.2) is 36.4 Å². The number of fused-ring (bicyclic) bond motifs is 1. The molecular formula is C16H14Cl2O2. The molecule has 0 saturated carbocycles. The van der Waals surface area contributed by atoms with Crippen molar-refractivity contribution in [3.8, 4) is 5.75 Å². The highest BCUT2D eigenvalue weighted by Gasteiger charge is 2.20. The standard InChI is InChI=1S/C16H14Cl2O2/c17-12-2-5-15(18)11(7-12)9-20-13-3-4-14-10(8-13)1-6-16(14)19/h2-5,7-8,16,19H,1,6,9H2/t16-/m0/s1. The number of hydrogen-bond donors (Lipinski definition) is 1. The van der Waals surface area contributed by atoms with Gasteiger partial charge in [-0.25, -0.2) is 0 Å². The van der Waals surface area contributed by atoms with Crippen molar-refractivity contribution < 1.29 is 9.84 Å². The molecule has 2 aromatic rings. The summed E-state index contributed by atoms with van der Waals surface area (Å²) in [4.78, 5) is 0. The Hall–Kier alpha value is -1.22. The molecule has 20 heavy (non-hydrogen) atoms. The van der Waals surface area contributed by atoms with Crippen LogP contribution in [0, 0.1) is 0 Å². The van der Waals surface area contributed by atoms with E-state index in [1.54, 1.807) is 18.2 Å². The van der Waals surface area contributed by atoms with E-state index < -0.39 is 0 Å². The molecule has 104 valence electrons. The second kappa shape index (κ2) is 5.65. The Balaban J connectivity index is 1.74. The fraction of sp³-hybridized carbons (Fsp3) is 0.250. The molecule has 0 saturated heterocycles. The van der Waals surface area contributed by atoms with Gasteiger partial charge in [-0.15, -0.1) is 0 Å². The maximum atomic E-state index is 9.77. The van der Waals surface area contributed by atoms with Gasteiger partial charge in [-0.05, 0) is 54.3 Å². The van der Waals surface area contributed by atoms with E-state index in [4.69, 9.17) is 27.9 Å². The zero-order valence-corrected chi connectivity index (χ0v) is 12.3. The number of halogens is 2. The predicted molar refractivity (Wildman–Crippen MR) is 80.5 cm³/mol. The van der Waals surface area contributed by atoms with E-state index >= 15 is 0 Å². The summed E-state index contributed by atoms with van der Waals surface area (Å²) in [5, 5.41) is 11.1. The predicted octanol–water partition coefficient (Wildman–Crippen LogP) is 4.55. The summed E-state index contributed by atoms with van der Waals surface area (Å²) < 4.78 is 5.76. The lowest BCUT2D eigenvalue weighted by Crippen LogP contribution is -1.97. The molecule has 0 fully saturated rings. The fourth-order valence-corrected chi connectivity index (χ4v) is 2.84. The number of aryl methyl sites for hydroxylation is 1. The van der Waals surface area contributed by atoms with Gasteiger partial charge in [-0.2, -0.15) is 0 Å². The van der Waals surface area contributed by atoms with E-state index in [-0.39, 0.29) is 6.10 Å². The summed E-state index contributed by atoms with van der Waals surface area (Å²) in [5.74, 6) is 0.786. The zero-order chi connectivity index (χ0) is 14.1. The summed E-state index contributed by atoms with van der Waals surface area (Å²) in [6.45, 7) is 0.376. The molecule has 3 rings (SSSR count). The third-order valence-corrected chi connectivity index (χ3v) is 4.17. The molecule has 0 aromatic heterocycles. The molecule has 0 amide bonds. The van der Waals surface area contributed by atoms with Crippen LogP contribution in [0.1, 0.15) is 29.2 Å². The van der Waals surface area contributed by atoms with E-state index in [1.165, 1.54) is 0 Å². The molecule has 2 nitrogen and oxygen atoms in total. The number of rotatable bonds is 3. The van der Waals surface area contributed by atoms with Crippen LogP contribution in [0.4, 0.5) is 0 Å². The van der Waals surface area contributed by atoms with Gasteiger partial charge in [0.1, 0.15) is 12.4 Å². The average molecular weight is 309 g/mol. The van der Waals surface area contributed by atoms with Crippen molar-refractivity contribution in [2.45, 2.75) is 25.6 Å². The monoisotopic (exact) mass is 308 g/mol. The quantitative estimate of drug-likeness (QED) is 0.901. The molecule has 1 aliphatic carbocycles. The van der Waals surface area contributed by atoms with Gasteiger partial charge in [-0.3, -0.25) is 0 Å². The van der Waals surface area contributed by atoms with Gasteiger partial charge in [0.2, 0.25) is 0 Å².